The van der Waals surface area contributed by atoms with E-state index < -0.39 is 11.0 Å². The summed E-state index contributed by atoms with van der Waals surface area (Å²) in [5.41, 5.74) is -0.296. The van der Waals surface area contributed by atoms with Crippen LogP contribution in [0.5, 0.6) is 11.5 Å². The fourth-order valence-electron chi connectivity index (χ4n) is 3.88. The monoisotopic (exact) mass is 422 g/mol. The number of nitrogens with zero attached hydrogens (tertiary/aromatic N) is 2. The Morgan fingerprint density at radius 2 is 1.96 bits per heavy atom. The van der Waals surface area contributed by atoms with Crippen LogP contribution in [0.3, 0.4) is 0 Å². The fraction of sp³-hybridized carbons (Fsp3) is 0.350. The van der Waals surface area contributed by atoms with Crippen LogP contribution in [0.15, 0.2) is 47.5 Å². The summed E-state index contributed by atoms with van der Waals surface area (Å²) in [5, 5.41) is 12.2. The lowest BCUT2D eigenvalue weighted by Gasteiger charge is -2.38. The minimum Gasteiger partial charge on any atom is -0.454 e. The molecule has 5 nitrogen and oxygen atoms in total. The molecule has 3 heterocycles. The van der Waals surface area contributed by atoms with Gasteiger partial charge in [0.25, 0.3) is 0 Å². The lowest BCUT2D eigenvalue weighted by molar-refractivity contribution is -0.0718. The highest BCUT2D eigenvalue weighted by Crippen LogP contribution is 2.56. The van der Waals surface area contributed by atoms with Crippen LogP contribution < -0.4 is 9.47 Å². The van der Waals surface area contributed by atoms with Crippen molar-refractivity contribution < 1.29 is 19.0 Å². The number of aliphatic imine (C=N–C) groups is 1. The summed E-state index contributed by atoms with van der Waals surface area (Å²) in [6, 6.07) is 12.0. The molecule has 0 saturated carbocycles. The summed E-state index contributed by atoms with van der Waals surface area (Å²) in [5.74, 6) is 0.922. The molecule has 2 aromatic carbocycles. The molecular weight excluding hydrogens is 403 g/mol. The van der Waals surface area contributed by atoms with E-state index in [2.05, 4.69) is 4.99 Å². The van der Waals surface area contributed by atoms with E-state index in [0.717, 1.165) is 24.6 Å². The van der Waals surface area contributed by atoms with Crippen LogP contribution >= 0.6 is 24.2 Å². The Balaban J connectivity index is 0.00000192. The number of thioether (sulfide) groups is 1. The second-order valence-corrected chi connectivity index (χ2v) is 7.91. The van der Waals surface area contributed by atoms with E-state index in [4.69, 9.17) is 9.47 Å². The first-order chi connectivity index (χ1) is 13.2. The molecule has 5 rings (SSSR count). The zero-order chi connectivity index (χ0) is 18.4. The van der Waals surface area contributed by atoms with Crippen LogP contribution in [0.25, 0.3) is 0 Å². The maximum atomic E-state index is 14.7. The average molecular weight is 423 g/mol. The van der Waals surface area contributed by atoms with E-state index in [0.29, 0.717) is 29.2 Å². The highest BCUT2D eigenvalue weighted by atomic mass is 35.5. The highest BCUT2D eigenvalue weighted by molar-refractivity contribution is 8.14. The van der Waals surface area contributed by atoms with Crippen molar-refractivity contribution in [3.8, 4) is 11.5 Å². The fourth-order valence-corrected chi connectivity index (χ4v) is 5.36. The molecule has 2 aromatic rings. The van der Waals surface area contributed by atoms with Crippen molar-refractivity contribution in [3.63, 3.8) is 0 Å². The summed E-state index contributed by atoms with van der Waals surface area (Å²) >= 11 is 1.42. The van der Waals surface area contributed by atoms with Crippen LogP contribution in [-0.2, 0) is 5.72 Å². The third-order valence-electron chi connectivity index (χ3n) is 5.25. The maximum Gasteiger partial charge on any atom is 0.231 e. The van der Waals surface area contributed by atoms with Crippen LogP contribution in [0.2, 0.25) is 0 Å². The first-order valence-electron chi connectivity index (χ1n) is 9.03. The standard InChI is InChI=1S/C20H19FN2O3S.ClH/c21-15-6-2-1-5-14(15)18-20(24,23-10-4-3-9-22-19(23)27-18)13-7-8-16-17(11-13)26-12-25-16;/h1-2,5-8,11,18,24H,3-4,9-10,12H2;1H. The first kappa shape index (κ1) is 19.4. The highest BCUT2D eigenvalue weighted by Gasteiger charge is 2.54. The summed E-state index contributed by atoms with van der Waals surface area (Å²) in [6.45, 7) is 1.56. The number of rotatable bonds is 2. The van der Waals surface area contributed by atoms with Gasteiger partial charge in [-0.05, 0) is 31.0 Å². The van der Waals surface area contributed by atoms with E-state index in [-0.39, 0.29) is 25.0 Å². The molecule has 8 heteroatoms. The van der Waals surface area contributed by atoms with Gasteiger partial charge in [-0.3, -0.25) is 4.99 Å². The Morgan fingerprint density at radius 1 is 1.14 bits per heavy atom. The molecule has 1 N–H and O–H groups in total. The molecule has 2 unspecified atom stereocenters. The van der Waals surface area contributed by atoms with Crippen LogP contribution in [0.4, 0.5) is 4.39 Å². The average Bonchev–Trinajstić information content (AvgIpc) is 3.16. The Bertz CT molecular complexity index is 928. The Labute approximate surface area is 173 Å². The third kappa shape index (κ3) is 2.93. The molecule has 1 saturated heterocycles. The number of benzene rings is 2. The predicted molar refractivity (Wildman–Crippen MR) is 109 cm³/mol. The first-order valence-corrected chi connectivity index (χ1v) is 9.91. The number of aliphatic hydroxyl groups is 1. The number of fused-ring (bicyclic) bond motifs is 2. The van der Waals surface area contributed by atoms with Gasteiger partial charge in [0.2, 0.25) is 6.79 Å². The number of halogens is 2. The van der Waals surface area contributed by atoms with Gasteiger partial charge in [-0.2, -0.15) is 0 Å². The molecule has 0 radical (unpaired) electrons. The predicted octanol–water partition coefficient (Wildman–Crippen LogP) is 4.06. The Morgan fingerprint density at radius 3 is 2.82 bits per heavy atom. The number of amidine groups is 1. The SMILES string of the molecule is Cl.OC1(c2ccc3c(c2)OCO3)C(c2ccccc2F)SC2=NCCCCN21. The topological polar surface area (TPSA) is 54.3 Å². The minimum atomic E-state index is -1.42. The molecule has 1 fully saturated rings. The van der Waals surface area contributed by atoms with Crippen molar-refractivity contribution in [3.05, 3.63) is 59.4 Å². The van der Waals surface area contributed by atoms with Gasteiger partial charge in [0.15, 0.2) is 22.4 Å². The molecule has 2 atom stereocenters. The molecule has 3 aliphatic heterocycles. The van der Waals surface area contributed by atoms with E-state index in [9.17, 15) is 9.50 Å². The van der Waals surface area contributed by atoms with Crippen molar-refractivity contribution in [2.24, 2.45) is 4.99 Å². The number of hydrogen-bond acceptors (Lipinski definition) is 6. The zero-order valence-electron chi connectivity index (χ0n) is 15.0. The molecule has 0 aromatic heterocycles. The molecule has 148 valence electrons. The summed E-state index contributed by atoms with van der Waals surface area (Å²) < 4.78 is 25.6. The zero-order valence-corrected chi connectivity index (χ0v) is 16.6. The lowest BCUT2D eigenvalue weighted by Crippen LogP contribution is -2.46. The van der Waals surface area contributed by atoms with Crippen molar-refractivity contribution in [2.75, 3.05) is 19.9 Å². The molecule has 0 spiro atoms. The van der Waals surface area contributed by atoms with Gasteiger partial charge < -0.3 is 19.5 Å². The second kappa shape index (κ2) is 7.46. The van der Waals surface area contributed by atoms with Gasteiger partial charge in [0.1, 0.15) is 5.82 Å². The summed E-state index contributed by atoms with van der Waals surface area (Å²) in [7, 11) is 0. The lowest BCUT2D eigenvalue weighted by atomic mass is 9.92. The van der Waals surface area contributed by atoms with Crippen LogP contribution in [0, 0.1) is 5.82 Å². The smallest absolute Gasteiger partial charge is 0.231 e. The largest absolute Gasteiger partial charge is 0.454 e. The quantitative estimate of drug-likeness (QED) is 0.790. The molecule has 0 aliphatic carbocycles. The number of ether oxygens (including phenoxy) is 2. The van der Waals surface area contributed by atoms with E-state index in [1.165, 1.54) is 17.8 Å². The maximum absolute atomic E-state index is 14.7. The van der Waals surface area contributed by atoms with Crippen molar-refractivity contribution in [1.82, 2.24) is 4.90 Å². The van der Waals surface area contributed by atoms with Crippen LogP contribution in [-0.4, -0.2) is 35.1 Å². The van der Waals surface area contributed by atoms with Gasteiger partial charge in [-0.15, -0.1) is 12.4 Å². The van der Waals surface area contributed by atoms with E-state index >= 15 is 0 Å². The molecule has 0 amide bonds. The number of hydrogen-bond donors (Lipinski definition) is 1. The molecular formula is C20H20ClFN2O3S. The van der Waals surface area contributed by atoms with Gasteiger partial charge in [0, 0.05) is 24.2 Å². The van der Waals surface area contributed by atoms with Gasteiger partial charge in [-0.25, -0.2) is 4.39 Å². The van der Waals surface area contributed by atoms with E-state index in [1.54, 1.807) is 30.3 Å². The van der Waals surface area contributed by atoms with Gasteiger partial charge in [0.05, 0.1) is 5.25 Å². The Hall–Kier alpha value is -1.96. The van der Waals surface area contributed by atoms with Gasteiger partial charge in [-0.1, -0.05) is 36.0 Å². The summed E-state index contributed by atoms with van der Waals surface area (Å²) in [6.07, 6.45) is 1.90. The minimum absolute atomic E-state index is 0. The van der Waals surface area contributed by atoms with Crippen molar-refractivity contribution in [1.29, 1.82) is 0 Å². The second-order valence-electron chi connectivity index (χ2n) is 6.84. The Kier molecular flexibility index (Phi) is 5.16. The van der Waals surface area contributed by atoms with Gasteiger partial charge >= 0.3 is 0 Å². The molecule has 28 heavy (non-hydrogen) atoms. The van der Waals surface area contributed by atoms with Crippen LogP contribution in [0.1, 0.15) is 29.2 Å². The molecule has 3 aliphatic rings. The molecule has 0 bridgehead atoms. The van der Waals surface area contributed by atoms with Crippen molar-refractivity contribution in [2.45, 2.75) is 23.8 Å². The third-order valence-corrected chi connectivity index (χ3v) is 6.63. The normalized spacial score (nSPS) is 25.6. The van der Waals surface area contributed by atoms with E-state index in [1.807, 2.05) is 11.0 Å². The summed E-state index contributed by atoms with van der Waals surface area (Å²) in [4.78, 5) is 6.57. The van der Waals surface area contributed by atoms with Crippen molar-refractivity contribution >= 4 is 29.3 Å².